The van der Waals surface area contributed by atoms with Gasteiger partial charge in [-0.15, -0.1) is 0 Å². The van der Waals surface area contributed by atoms with E-state index in [4.69, 9.17) is 0 Å². The lowest BCUT2D eigenvalue weighted by atomic mass is 10.0. The monoisotopic (exact) mass is 254 g/mol. The Hall–Kier alpha value is -2.11. The standard InChI is InChI=1S/C17H15FO/c1-17(2,19)12-11-13-3-5-14(6-4-13)15-7-9-16(18)10-8-15/h3-10,19H,1-2H3. The van der Waals surface area contributed by atoms with E-state index in [1.54, 1.807) is 26.0 Å². The van der Waals surface area contributed by atoms with Crippen molar-refractivity contribution in [1.29, 1.82) is 0 Å². The highest BCUT2D eigenvalue weighted by Gasteiger charge is 2.05. The van der Waals surface area contributed by atoms with E-state index in [1.807, 2.05) is 24.3 Å². The van der Waals surface area contributed by atoms with Crippen molar-refractivity contribution in [2.75, 3.05) is 0 Å². The van der Waals surface area contributed by atoms with Crippen LogP contribution in [0.2, 0.25) is 0 Å². The van der Waals surface area contributed by atoms with Crippen molar-refractivity contribution in [3.63, 3.8) is 0 Å². The molecule has 0 bridgehead atoms. The molecule has 19 heavy (non-hydrogen) atoms. The summed E-state index contributed by atoms with van der Waals surface area (Å²) in [7, 11) is 0. The second-order valence-corrected chi connectivity index (χ2v) is 4.89. The molecule has 0 fully saturated rings. The number of benzene rings is 2. The van der Waals surface area contributed by atoms with Gasteiger partial charge in [0.05, 0.1) is 0 Å². The van der Waals surface area contributed by atoms with Gasteiger partial charge in [-0.2, -0.15) is 0 Å². The summed E-state index contributed by atoms with van der Waals surface area (Å²) in [5.41, 5.74) is 1.82. The summed E-state index contributed by atoms with van der Waals surface area (Å²) in [4.78, 5) is 0. The minimum Gasteiger partial charge on any atom is -0.378 e. The van der Waals surface area contributed by atoms with E-state index in [9.17, 15) is 9.50 Å². The van der Waals surface area contributed by atoms with Gasteiger partial charge < -0.3 is 5.11 Å². The van der Waals surface area contributed by atoms with Crippen LogP contribution in [0.4, 0.5) is 4.39 Å². The molecule has 1 N–H and O–H groups in total. The molecule has 0 aliphatic carbocycles. The first-order valence-electron chi connectivity index (χ1n) is 6.06. The lowest BCUT2D eigenvalue weighted by Gasteiger charge is -2.06. The van der Waals surface area contributed by atoms with Crippen LogP contribution < -0.4 is 0 Å². The highest BCUT2D eigenvalue weighted by molar-refractivity contribution is 5.64. The van der Waals surface area contributed by atoms with Gasteiger partial charge in [0, 0.05) is 5.56 Å². The molecule has 0 saturated heterocycles. The summed E-state index contributed by atoms with van der Waals surface area (Å²) in [5, 5.41) is 9.53. The molecule has 0 aromatic heterocycles. The predicted molar refractivity (Wildman–Crippen MR) is 75.0 cm³/mol. The zero-order valence-electron chi connectivity index (χ0n) is 10.9. The van der Waals surface area contributed by atoms with Gasteiger partial charge in [0.2, 0.25) is 0 Å². The molecule has 0 radical (unpaired) electrons. The Kier molecular flexibility index (Phi) is 3.69. The maximum atomic E-state index is 12.8. The van der Waals surface area contributed by atoms with Gasteiger partial charge in [-0.1, -0.05) is 36.1 Å². The van der Waals surface area contributed by atoms with E-state index in [1.165, 1.54) is 12.1 Å². The molecule has 2 aromatic rings. The second-order valence-electron chi connectivity index (χ2n) is 4.89. The van der Waals surface area contributed by atoms with Crippen LogP contribution in [-0.4, -0.2) is 10.7 Å². The molecular weight excluding hydrogens is 239 g/mol. The van der Waals surface area contributed by atoms with Crippen molar-refractivity contribution < 1.29 is 9.50 Å². The number of aliphatic hydroxyl groups is 1. The molecule has 0 heterocycles. The average Bonchev–Trinajstić information content (AvgIpc) is 2.37. The van der Waals surface area contributed by atoms with Crippen LogP contribution in [0.15, 0.2) is 48.5 Å². The molecule has 2 rings (SSSR count). The lowest BCUT2D eigenvalue weighted by molar-refractivity contribution is 0.143. The Morgan fingerprint density at radius 1 is 0.895 bits per heavy atom. The van der Waals surface area contributed by atoms with Gasteiger partial charge in [-0.25, -0.2) is 4.39 Å². The number of halogens is 1. The largest absolute Gasteiger partial charge is 0.378 e. The van der Waals surface area contributed by atoms with Crippen LogP contribution in [0.3, 0.4) is 0 Å². The Bertz CT molecular complexity index is 608. The van der Waals surface area contributed by atoms with Crippen LogP contribution in [0.25, 0.3) is 11.1 Å². The smallest absolute Gasteiger partial charge is 0.123 e. The van der Waals surface area contributed by atoms with Gasteiger partial charge in [0.15, 0.2) is 0 Å². The minimum atomic E-state index is -0.990. The minimum absolute atomic E-state index is 0.239. The number of rotatable bonds is 1. The van der Waals surface area contributed by atoms with E-state index in [2.05, 4.69) is 11.8 Å². The van der Waals surface area contributed by atoms with E-state index >= 15 is 0 Å². The molecule has 0 unspecified atom stereocenters. The molecule has 0 spiro atoms. The van der Waals surface area contributed by atoms with E-state index < -0.39 is 5.60 Å². The second kappa shape index (κ2) is 5.26. The Morgan fingerprint density at radius 2 is 1.37 bits per heavy atom. The summed E-state index contributed by atoms with van der Waals surface area (Å²) in [5.74, 6) is 5.43. The Morgan fingerprint density at radius 3 is 1.84 bits per heavy atom. The first-order chi connectivity index (χ1) is 8.94. The highest BCUT2D eigenvalue weighted by atomic mass is 19.1. The van der Waals surface area contributed by atoms with Crippen molar-refractivity contribution in [3.05, 3.63) is 59.9 Å². The molecule has 0 amide bonds. The summed E-state index contributed by atoms with van der Waals surface area (Å²) in [6.45, 7) is 3.29. The lowest BCUT2D eigenvalue weighted by Crippen LogP contribution is -2.14. The van der Waals surface area contributed by atoms with E-state index in [0.717, 1.165) is 16.7 Å². The SMILES string of the molecule is CC(C)(O)C#Cc1ccc(-c2ccc(F)cc2)cc1. The van der Waals surface area contributed by atoms with Gasteiger partial charge in [-0.3, -0.25) is 0 Å². The first kappa shape index (κ1) is 13.3. The Balaban J connectivity index is 2.23. The summed E-state index contributed by atoms with van der Waals surface area (Å²) in [6.07, 6.45) is 0. The van der Waals surface area contributed by atoms with Gasteiger partial charge in [-0.05, 0) is 49.2 Å². The van der Waals surface area contributed by atoms with Crippen LogP contribution in [0.5, 0.6) is 0 Å². The van der Waals surface area contributed by atoms with Crippen LogP contribution in [0, 0.1) is 17.7 Å². The first-order valence-corrected chi connectivity index (χ1v) is 6.06. The fraction of sp³-hybridized carbons (Fsp3) is 0.176. The van der Waals surface area contributed by atoms with Crippen molar-refractivity contribution in [2.24, 2.45) is 0 Å². The van der Waals surface area contributed by atoms with Crippen molar-refractivity contribution in [3.8, 4) is 23.0 Å². The van der Waals surface area contributed by atoms with E-state index in [-0.39, 0.29) is 5.82 Å². The van der Waals surface area contributed by atoms with Crippen molar-refractivity contribution >= 4 is 0 Å². The van der Waals surface area contributed by atoms with Crippen LogP contribution in [-0.2, 0) is 0 Å². The molecule has 96 valence electrons. The zero-order valence-corrected chi connectivity index (χ0v) is 10.9. The van der Waals surface area contributed by atoms with Crippen LogP contribution in [0.1, 0.15) is 19.4 Å². The maximum absolute atomic E-state index is 12.8. The summed E-state index contributed by atoms with van der Waals surface area (Å²) >= 11 is 0. The van der Waals surface area contributed by atoms with Gasteiger partial charge in [0.1, 0.15) is 11.4 Å². The molecule has 2 aromatic carbocycles. The van der Waals surface area contributed by atoms with Crippen molar-refractivity contribution in [1.82, 2.24) is 0 Å². The maximum Gasteiger partial charge on any atom is 0.123 e. The highest BCUT2D eigenvalue weighted by Crippen LogP contribution is 2.19. The topological polar surface area (TPSA) is 20.2 Å². The third-order valence-corrected chi connectivity index (χ3v) is 2.58. The normalized spacial score (nSPS) is 10.7. The summed E-state index contributed by atoms with van der Waals surface area (Å²) in [6, 6.07) is 14.0. The Labute approximate surface area is 112 Å². The van der Waals surface area contributed by atoms with Gasteiger partial charge in [0.25, 0.3) is 0 Å². The third kappa shape index (κ3) is 3.94. The molecule has 0 aliphatic rings. The van der Waals surface area contributed by atoms with Gasteiger partial charge >= 0.3 is 0 Å². The fourth-order valence-electron chi connectivity index (χ4n) is 1.61. The zero-order chi connectivity index (χ0) is 13.9. The molecule has 2 heteroatoms. The molecular formula is C17H15FO. The number of hydrogen-bond donors (Lipinski definition) is 1. The van der Waals surface area contributed by atoms with Crippen molar-refractivity contribution in [2.45, 2.75) is 19.4 Å². The quantitative estimate of drug-likeness (QED) is 0.771. The number of hydrogen-bond acceptors (Lipinski definition) is 1. The summed E-state index contributed by atoms with van der Waals surface area (Å²) < 4.78 is 12.8. The fourth-order valence-corrected chi connectivity index (χ4v) is 1.61. The third-order valence-electron chi connectivity index (χ3n) is 2.58. The molecule has 0 saturated carbocycles. The molecule has 1 nitrogen and oxygen atoms in total. The molecule has 0 aliphatic heterocycles. The van der Waals surface area contributed by atoms with E-state index in [0.29, 0.717) is 0 Å². The average molecular weight is 254 g/mol. The molecule has 0 atom stereocenters. The predicted octanol–water partition coefficient (Wildman–Crippen LogP) is 3.62. The van der Waals surface area contributed by atoms with Crippen LogP contribution >= 0.6 is 0 Å².